The zero-order valence-electron chi connectivity index (χ0n) is 32.4. The number of aryl methyl sites for hydroxylation is 3. The van der Waals surface area contributed by atoms with Gasteiger partial charge in [0.2, 0.25) is 0 Å². The number of nitrogens with zero attached hydrogens (tertiary/aromatic N) is 2. The fourth-order valence-electron chi connectivity index (χ4n) is 5.32. The number of nitrogen functional groups attached to an aromatic ring is 1. The maximum absolute atomic E-state index is 8.76. The van der Waals surface area contributed by atoms with Gasteiger partial charge in [-0.1, -0.05) is 46.9 Å². The van der Waals surface area contributed by atoms with E-state index in [9.17, 15) is 0 Å². The van der Waals surface area contributed by atoms with Gasteiger partial charge in [-0.3, -0.25) is 0 Å². The molecule has 4 aromatic carbocycles. The van der Waals surface area contributed by atoms with Crippen molar-refractivity contribution in [2.75, 3.05) is 64.0 Å². The molecule has 4 N–H and O–H groups in total. The van der Waals surface area contributed by atoms with Crippen molar-refractivity contribution in [2.45, 2.75) is 26.7 Å². The summed E-state index contributed by atoms with van der Waals surface area (Å²) in [6.07, 6.45) is 10.1. The minimum Gasteiger partial charge on any atom is -0.496 e. The van der Waals surface area contributed by atoms with E-state index in [4.69, 9.17) is 39.9 Å². The average Bonchev–Trinajstić information content (AvgIpc) is 3.79. The van der Waals surface area contributed by atoms with E-state index in [1.54, 1.807) is 36.9 Å². The molecule has 0 aliphatic carbocycles. The molecule has 6 rings (SSSR count). The van der Waals surface area contributed by atoms with Crippen molar-refractivity contribution in [3.05, 3.63) is 107 Å². The predicted octanol–water partition coefficient (Wildman–Crippen LogP) is 11.0. The van der Waals surface area contributed by atoms with Crippen molar-refractivity contribution >= 4 is 128 Å². The molecular formula is C43H48Br2IN3O6S2. The highest BCUT2D eigenvalue weighted by atomic mass is 127. The SMILES string of the molecule is COc1ccc(/C=C/c2nc3cc(C)c(CCCOCCO)cc3s2)cc1Br.COc1ccc(/C=C/c2nc3cc(C)c(N)cc3s2)cc1Br.OCCOCCI. The lowest BCUT2D eigenvalue weighted by molar-refractivity contribution is 0.0909. The summed E-state index contributed by atoms with van der Waals surface area (Å²) in [5.41, 5.74) is 14.6. The van der Waals surface area contributed by atoms with E-state index in [0.29, 0.717) is 19.8 Å². The van der Waals surface area contributed by atoms with Crippen LogP contribution in [0.25, 0.3) is 44.7 Å². The molecule has 14 heteroatoms. The smallest absolute Gasteiger partial charge is 0.133 e. The Labute approximate surface area is 373 Å². The van der Waals surface area contributed by atoms with Gasteiger partial charge in [-0.25, -0.2) is 9.97 Å². The van der Waals surface area contributed by atoms with Gasteiger partial charge in [0.05, 0.1) is 76.6 Å². The van der Waals surface area contributed by atoms with Gasteiger partial charge in [-0.15, -0.1) is 22.7 Å². The number of thiazole rings is 2. The molecule has 304 valence electrons. The van der Waals surface area contributed by atoms with Gasteiger partial charge in [-0.05, 0) is 147 Å². The van der Waals surface area contributed by atoms with Crippen LogP contribution in [-0.4, -0.2) is 78.5 Å². The van der Waals surface area contributed by atoms with E-state index < -0.39 is 0 Å². The van der Waals surface area contributed by atoms with E-state index in [0.717, 1.165) is 92.4 Å². The molecule has 0 amide bonds. The van der Waals surface area contributed by atoms with Crippen molar-refractivity contribution in [2.24, 2.45) is 0 Å². The number of ether oxygens (including phenoxy) is 4. The predicted molar refractivity (Wildman–Crippen MR) is 255 cm³/mol. The molecular weight excluding hydrogens is 1010 g/mol. The number of anilines is 1. The summed E-state index contributed by atoms with van der Waals surface area (Å²) in [7, 11) is 3.32. The van der Waals surface area contributed by atoms with Gasteiger partial charge in [0, 0.05) is 16.7 Å². The number of aliphatic hydroxyl groups excluding tert-OH is 2. The highest BCUT2D eigenvalue weighted by molar-refractivity contribution is 14.1. The fraction of sp³-hybridized carbons (Fsp3) is 0.302. The Morgan fingerprint density at radius 2 is 1.19 bits per heavy atom. The number of halogens is 3. The molecule has 9 nitrogen and oxygen atoms in total. The van der Waals surface area contributed by atoms with Crippen LogP contribution < -0.4 is 15.2 Å². The van der Waals surface area contributed by atoms with E-state index in [2.05, 4.69) is 90.6 Å². The lowest BCUT2D eigenvalue weighted by atomic mass is 10.0. The van der Waals surface area contributed by atoms with Crippen LogP contribution in [0.3, 0.4) is 0 Å². The lowest BCUT2D eigenvalue weighted by Crippen LogP contribution is -2.02. The molecule has 0 saturated carbocycles. The van der Waals surface area contributed by atoms with Gasteiger partial charge >= 0.3 is 0 Å². The Hall–Kier alpha value is -2.93. The van der Waals surface area contributed by atoms with Crippen LogP contribution in [-0.2, 0) is 15.9 Å². The molecule has 0 radical (unpaired) electrons. The minimum absolute atomic E-state index is 0.0790. The summed E-state index contributed by atoms with van der Waals surface area (Å²) in [5.74, 6) is 1.64. The molecule has 0 aliphatic rings. The topological polar surface area (TPSA) is 129 Å². The van der Waals surface area contributed by atoms with Gasteiger partial charge in [0.25, 0.3) is 0 Å². The molecule has 6 aromatic rings. The summed E-state index contributed by atoms with van der Waals surface area (Å²) in [6.45, 7) is 6.65. The zero-order chi connectivity index (χ0) is 41.2. The summed E-state index contributed by atoms with van der Waals surface area (Å²) in [6, 6.07) is 20.4. The van der Waals surface area contributed by atoms with E-state index in [-0.39, 0.29) is 13.2 Å². The van der Waals surface area contributed by atoms with Crippen LogP contribution in [0.5, 0.6) is 11.5 Å². The Morgan fingerprint density at radius 1 is 0.684 bits per heavy atom. The third kappa shape index (κ3) is 15.0. The Kier molecular flexibility index (Phi) is 20.4. The van der Waals surface area contributed by atoms with Crippen LogP contribution in [0.15, 0.2) is 69.6 Å². The van der Waals surface area contributed by atoms with Crippen LogP contribution in [0, 0.1) is 13.8 Å². The van der Waals surface area contributed by atoms with Crippen molar-refractivity contribution in [1.82, 2.24) is 9.97 Å². The van der Waals surface area contributed by atoms with Crippen molar-refractivity contribution < 1.29 is 29.2 Å². The second kappa shape index (κ2) is 24.9. The largest absolute Gasteiger partial charge is 0.496 e. The second-order valence-electron chi connectivity index (χ2n) is 12.4. The number of alkyl halides is 1. The molecule has 57 heavy (non-hydrogen) atoms. The molecule has 2 heterocycles. The Bertz CT molecular complexity index is 2200. The first-order chi connectivity index (χ1) is 27.6. The number of fused-ring (bicyclic) bond motifs is 2. The van der Waals surface area contributed by atoms with Crippen LogP contribution in [0.2, 0.25) is 0 Å². The molecule has 0 unspecified atom stereocenters. The van der Waals surface area contributed by atoms with E-state index >= 15 is 0 Å². The summed E-state index contributed by atoms with van der Waals surface area (Å²) < 4.78 is 25.9. The minimum atomic E-state index is 0.0790. The highest BCUT2D eigenvalue weighted by Gasteiger charge is 2.08. The molecule has 0 spiro atoms. The number of nitrogens with two attached hydrogens (primary N) is 1. The van der Waals surface area contributed by atoms with Crippen LogP contribution in [0.4, 0.5) is 5.69 Å². The van der Waals surface area contributed by atoms with Crippen LogP contribution >= 0.6 is 77.1 Å². The number of rotatable bonds is 16. The number of hydrogen-bond donors (Lipinski definition) is 3. The molecule has 0 atom stereocenters. The van der Waals surface area contributed by atoms with E-state index in [1.807, 2.05) is 67.6 Å². The quantitative estimate of drug-likeness (QED) is 0.0376. The number of benzene rings is 4. The summed E-state index contributed by atoms with van der Waals surface area (Å²) in [4.78, 5) is 9.38. The number of methoxy groups -OCH3 is 2. The van der Waals surface area contributed by atoms with Gasteiger partial charge in [-0.2, -0.15) is 0 Å². The summed E-state index contributed by atoms with van der Waals surface area (Å²) in [5, 5.41) is 18.9. The fourth-order valence-corrected chi connectivity index (χ4v) is 8.57. The molecule has 0 aliphatic heterocycles. The monoisotopic (exact) mass is 1050 g/mol. The third-order valence-electron chi connectivity index (χ3n) is 8.27. The average molecular weight is 1050 g/mol. The van der Waals surface area contributed by atoms with Crippen molar-refractivity contribution in [3.63, 3.8) is 0 Å². The molecule has 2 aromatic heterocycles. The van der Waals surface area contributed by atoms with Crippen molar-refractivity contribution in [1.29, 1.82) is 0 Å². The third-order valence-corrected chi connectivity index (χ3v) is 11.9. The van der Waals surface area contributed by atoms with Gasteiger partial charge in [0.1, 0.15) is 21.5 Å². The molecule has 0 bridgehead atoms. The van der Waals surface area contributed by atoms with Gasteiger partial charge in [0.15, 0.2) is 0 Å². The van der Waals surface area contributed by atoms with Crippen LogP contribution in [0.1, 0.15) is 44.3 Å². The highest BCUT2D eigenvalue weighted by Crippen LogP contribution is 2.31. The van der Waals surface area contributed by atoms with E-state index in [1.165, 1.54) is 15.8 Å². The summed E-state index contributed by atoms with van der Waals surface area (Å²) >= 11 is 12.6. The van der Waals surface area contributed by atoms with Crippen molar-refractivity contribution in [3.8, 4) is 11.5 Å². The normalized spacial score (nSPS) is 11.2. The second-order valence-corrected chi connectivity index (χ2v) is 17.4. The Morgan fingerprint density at radius 3 is 1.68 bits per heavy atom. The molecule has 0 fully saturated rings. The standard InChI is InChI=1S/C22H24BrNO3S.C17H15BrN2OS.C4H9IO2/c1-15-12-19-21(14-17(15)4-3-10-27-11-9-25)28-22(24-19)8-6-16-5-7-20(26-2)18(23)13-16;1-10-7-14-16(9-13(10)19)22-17(20-14)6-4-11-3-5-15(21-2)12(18)8-11;5-1-3-7-4-2-6/h5-8,12-14,25H,3-4,9-11H2,1-2H3;3-9H,19H2,1-2H3;6H,1-4H2/b8-6+;6-4+;. The lowest BCUT2D eigenvalue weighted by Gasteiger charge is -2.06. The molecule has 0 saturated heterocycles. The maximum atomic E-state index is 8.76. The van der Waals surface area contributed by atoms with Gasteiger partial charge < -0.3 is 34.9 Å². The first kappa shape index (κ1) is 46.8. The zero-order valence-corrected chi connectivity index (χ0v) is 39.4. The number of hydrogen-bond acceptors (Lipinski definition) is 11. The first-order valence-corrected chi connectivity index (χ1v) is 22.9. The number of aromatic nitrogens is 2. The maximum Gasteiger partial charge on any atom is 0.133 e. The number of aliphatic hydroxyl groups is 2. The Balaban J connectivity index is 0.000000221. The first-order valence-electron chi connectivity index (χ1n) is 18.1.